The minimum Gasteiger partial charge on any atom is -0.497 e. The second-order valence-corrected chi connectivity index (χ2v) is 7.99. The number of methoxy groups -OCH3 is 2. The molecule has 1 heterocycles. The molecule has 0 aliphatic carbocycles. The molecule has 0 aliphatic rings. The predicted molar refractivity (Wildman–Crippen MR) is 138 cm³/mol. The van der Waals surface area contributed by atoms with Crippen LogP contribution in [0.1, 0.15) is 22.8 Å². The molecule has 0 saturated carbocycles. The SMILES string of the molecule is COc1ccc(CNc2nc(NCc3ccc(OC)cc3)n(C(=O)[C@@H](C)Oc3ccccc3)n2)cc1. The third-order valence-corrected chi connectivity index (χ3v) is 5.44. The molecule has 2 N–H and O–H groups in total. The van der Waals surface area contributed by atoms with Gasteiger partial charge < -0.3 is 24.8 Å². The van der Waals surface area contributed by atoms with Crippen molar-refractivity contribution in [2.75, 3.05) is 24.9 Å². The first-order valence-electron chi connectivity index (χ1n) is 11.5. The monoisotopic (exact) mass is 487 g/mol. The lowest BCUT2D eigenvalue weighted by Crippen LogP contribution is -2.31. The van der Waals surface area contributed by atoms with Gasteiger partial charge in [0.25, 0.3) is 5.91 Å². The Kier molecular flexibility index (Phi) is 8.02. The third kappa shape index (κ3) is 6.32. The first-order valence-corrected chi connectivity index (χ1v) is 11.5. The van der Waals surface area contributed by atoms with E-state index in [0.717, 1.165) is 22.6 Å². The van der Waals surface area contributed by atoms with Gasteiger partial charge in [-0.3, -0.25) is 4.79 Å². The van der Waals surface area contributed by atoms with Gasteiger partial charge in [0.1, 0.15) is 17.2 Å². The number of para-hydroxylation sites is 1. The molecular formula is C27H29N5O4. The Hall–Kier alpha value is -4.53. The number of rotatable bonds is 11. The number of hydrogen-bond donors (Lipinski definition) is 2. The normalized spacial score (nSPS) is 11.4. The number of carbonyl (C=O) groups is 1. The molecule has 4 rings (SSSR count). The van der Waals surface area contributed by atoms with Gasteiger partial charge in [-0.15, -0.1) is 5.10 Å². The molecule has 1 atom stereocenters. The molecular weight excluding hydrogens is 458 g/mol. The van der Waals surface area contributed by atoms with Crippen LogP contribution in [-0.2, 0) is 13.1 Å². The molecule has 36 heavy (non-hydrogen) atoms. The quantitative estimate of drug-likeness (QED) is 0.316. The molecule has 0 saturated heterocycles. The van der Waals surface area contributed by atoms with E-state index in [9.17, 15) is 4.79 Å². The third-order valence-electron chi connectivity index (χ3n) is 5.44. The summed E-state index contributed by atoms with van der Waals surface area (Å²) >= 11 is 0. The van der Waals surface area contributed by atoms with Crippen LogP contribution in [0, 0.1) is 0 Å². The molecule has 9 nitrogen and oxygen atoms in total. The number of nitrogens with zero attached hydrogens (tertiary/aromatic N) is 3. The first-order chi connectivity index (χ1) is 17.6. The fourth-order valence-corrected chi connectivity index (χ4v) is 3.43. The van der Waals surface area contributed by atoms with Crippen molar-refractivity contribution < 1.29 is 19.0 Å². The van der Waals surface area contributed by atoms with Crippen LogP contribution in [0.2, 0.25) is 0 Å². The highest BCUT2D eigenvalue weighted by molar-refractivity contribution is 5.85. The number of hydrogen-bond acceptors (Lipinski definition) is 8. The number of aromatic nitrogens is 3. The van der Waals surface area contributed by atoms with E-state index in [-0.39, 0.29) is 5.91 Å². The van der Waals surface area contributed by atoms with Crippen molar-refractivity contribution in [2.24, 2.45) is 0 Å². The van der Waals surface area contributed by atoms with Crippen molar-refractivity contribution in [1.82, 2.24) is 14.8 Å². The zero-order chi connectivity index (χ0) is 25.3. The average molecular weight is 488 g/mol. The second-order valence-electron chi connectivity index (χ2n) is 7.99. The fourth-order valence-electron chi connectivity index (χ4n) is 3.43. The van der Waals surface area contributed by atoms with Crippen molar-refractivity contribution in [2.45, 2.75) is 26.1 Å². The maximum Gasteiger partial charge on any atom is 0.290 e. The van der Waals surface area contributed by atoms with Crippen molar-refractivity contribution in [1.29, 1.82) is 0 Å². The summed E-state index contributed by atoms with van der Waals surface area (Å²) in [5.41, 5.74) is 2.02. The fraction of sp³-hybridized carbons (Fsp3) is 0.222. The van der Waals surface area contributed by atoms with E-state index in [4.69, 9.17) is 14.2 Å². The van der Waals surface area contributed by atoms with E-state index >= 15 is 0 Å². The summed E-state index contributed by atoms with van der Waals surface area (Å²) in [4.78, 5) is 17.8. The Labute approximate surface area is 210 Å². The molecule has 0 amide bonds. The molecule has 0 bridgehead atoms. The number of benzene rings is 3. The maximum absolute atomic E-state index is 13.3. The Morgan fingerprint density at radius 1 is 0.806 bits per heavy atom. The van der Waals surface area contributed by atoms with E-state index in [1.54, 1.807) is 33.3 Å². The summed E-state index contributed by atoms with van der Waals surface area (Å²) in [6, 6.07) is 24.5. The van der Waals surface area contributed by atoms with Gasteiger partial charge in [-0.05, 0) is 54.4 Å². The predicted octanol–water partition coefficient (Wildman–Crippen LogP) is 4.63. The van der Waals surface area contributed by atoms with Crippen LogP contribution in [-0.4, -0.2) is 41.0 Å². The number of nitrogens with one attached hydrogen (secondary N) is 2. The lowest BCUT2D eigenvalue weighted by atomic mass is 10.2. The molecule has 0 radical (unpaired) electrons. The Bertz CT molecular complexity index is 1260. The van der Waals surface area contributed by atoms with E-state index in [0.29, 0.717) is 30.7 Å². The van der Waals surface area contributed by atoms with Crippen LogP contribution < -0.4 is 24.8 Å². The highest BCUT2D eigenvalue weighted by Crippen LogP contribution is 2.18. The average Bonchev–Trinajstić information content (AvgIpc) is 3.34. The summed E-state index contributed by atoms with van der Waals surface area (Å²) in [7, 11) is 3.25. The number of carbonyl (C=O) groups excluding carboxylic acids is 1. The van der Waals surface area contributed by atoms with Gasteiger partial charge in [0, 0.05) is 13.1 Å². The van der Waals surface area contributed by atoms with E-state index in [1.165, 1.54) is 4.68 Å². The van der Waals surface area contributed by atoms with Crippen LogP contribution in [0.25, 0.3) is 0 Å². The first kappa shape index (κ1) is 24.6. The number of ether oxygens (including phenoxy) is 3. The Morgan fingerprint density at radius 3 is 1.92 bits per heavy atom. The molecule has 0 fully saturated rings. The summed E-state index contributed by atoms with van der Waals surface area (Å²) in [6.45, 7) is 2.62. The van der Waals surface area contributed by atoms with Crippen molar-refractivity contribution in [3.63, 3.8) is 0 Å². The van der Waals surface area contributed by atoms with Crippen LogP contribution in [0.3, 0.4) is 0 Å². The maximum atomic E-state index is 13.3. The zero-order valence-electron chi connectivity index (χ0n) is 20.5. The Balaban J connectivity index is 1.50. The smallest absolute Gasteiger partial charge is 0.290 e. The van der Waals surface area contributed by atoms with Crippen LogP contribution in [0.5, 0.6) is 17.2 Å². The minimum absolute atomic E-state index is 0.316. The van der Waals surface area contributed by atoms with Crippen LogP contribution in [0.15, 0.2) is 78.9 Å². The topological polar surface area (TPSA) is 99.5 Å². The number of anilines is 2. The van der Waals surface area contributed by atoms with Crippen LogP contribution >= 0.6 is 0 Å². The summed E-state index contributed by atoms with van der Waals surface area (Å²) in [5.74, 6) is 2.45. The van der Waals surface area contributed by atoms with Gasteiger partial charge in [0.15, 0.2) is 6.10 Å². The van der Waals surface area contributed by atoms with E-state index in [1.807, 2.05) is 66.7 Å². The van der Waals surface area contributed by atoms with Gasteiger partial charge >= 0.3 is 0 Å². The van der Waals surface area contributed by atoms with Crippen molar-refractivity contribution in [3.8, 4) is 17.2 Å². The zero-order valence-corrected chi connectivity index (χ0v) is 20.5. The van der Waals surface area contributed by atoms with E-state index < -0.39 is 6.10 Å². The second kappa shape index (κ2) is 11.7. The largest absolute Gasteiger partial charge is 0.497 e. The highest BCUT2D eigenvalue weighted by atomic mass is 16.5. The van der Waals surface area contributed by atoms with Gasteiger partial charge in [-0.1, -0.05) is 42.5 Å². The highest BCUT2D eigenvalue weighted by Gasteiger charge is 2.23. The molecule has 186 valence electrons. The lowest BCUT2D eigenvalue weighted by Gasteiger charge is -2.14. The summed E-state index contributed by atoms with van der Waals surface area (Å²) in [5, 5.41) is 10.8. The van der Waals surface area contributed by atoms with Gasteiger partial charge in [-0.25, -0.2) is 0 Å². The summed E-state index contributed by atoms with van der Waals surface area (Å²) in [6.07, 6.45) is -0.773. The molecule has 3 aromatic carbocycles. The molecule has 0 spiro atoms. The molecule has 1 aromatic heterocycles. The lowest BCUT2D eigenvalue weighted by molar-refractivity contribution is 0.0713. The van der Waals surface area contributed by atoms with E-state index in [2.05, 4.69) is 20.7 Å². The Morgan fingerprint density at radius 2 is 1.36 bits per heavy atom. The van der Waals surface area contributed by atoms with Crippen LogP contribution in [0.4, 0.5) is 11.9 Å². The van der Waals surface area contributed by atoms with Crippen molar-refractivity contribution in [3.05, 3.63) is 90.0 Å². The molecule has 4 aromatic rings. The molecule has 0 unspecified atom stereocenters. The standard InChI is InChI=1S/C27H29N5O4/c1-19(36-24-7-5-4-6-8-24)25(33)32-27(29-18-21-11-15-23(35-3)16-12-21)30-26(31-32)28-17-20-9-13-22(34-2)14-10-20/h4-16,19H,17-18H2,1-3H3,(H2,28,29,30,31)/t19-/m1/s1. The van der Waals surface area contributed by atoms with Gasteiger partial charge in [-0.2, -0.15) is 9.67 Å². The van der Waals surface area contributed by atoms with Gasteiger partial charge in [0.2, 0.25) is 11.9 Å². The van der Waals surface area contributed by atoms with Gasteiger partial charge in [0.05, 0.1) is 14.2 Å². The summed E-state index contributed by atoms with van der Waals surface area (Å²) < 4.78 is 17.5. The minimum atomic E-state index is -0.773. The van der Waals surface area contributed by atoms with Crippen molar-refractivity contribution >= 4 is 17.8 Å². The molecule has 9 heteroatoms. The molecule has 0 aliphatic heterocycles.